The summed E-state index contributed by atoms with van der Waals surface area (Å²) in [5.74, 6) is 0.825. The Morgan fingerprint density at radius 3 is 2.47 bits per heavy atom. The SMILES string of the molecule is CCOc1cc(/C=C2\SC(=S)N(c3ccc(Br)c(Cl)c3)C2=O)cc(Br)c1OCc1ccc(Cl)cc1Cl. The number of rotatable bonds is 7. The molecular formula is C25H16Br2Cl3NO3S2. The van der Waals surface area contributed by atoms with Crippen LogP contribution in [0, 0.1) is 0 Å². The van der Waals surface area contributed by atoms with Gasteiger partial charge in [0.25, 0.3) is 5.91 Å². The third-order valence-corrected chi connectivity index (χ3v) is 8.68. The second-order valence-corrected chi connectivity index (χ2v) is 12.0. The van der Waals surface area contributed by atoms with Crippen molar-refractivity contribution in [3.8, 4) is 11.5 Å². The zero-order chi connectivity index (χ0) is 26.0. The Kier molecular flexibility index (Phi) is 9.31. The van der Waals surface area contributed by atoms with Crippen LogP contribution in [-0.4, -0.2) is 16.8 Å². The Balaban J connectivity index is 1.61. The Bertz CT molecular complexity index is 1400. The van der Waals surface area contributed by atoms with Crippen LogP contribution in [0.3, 0.4) is 0 Å². The molecule has 11 heteroatoms. The molecule has 0 radical (unpaired) electrons. The summed E-state index contributed by atoms with van der Waals surface area (Å²) < 4.78 is 13.7. The molecule has 1 aliphatic rings. The van der Waals surface area contributed by atoms with E-state index in [2.05, 4.69) is 31.9 Å². The van der Waals surface area contributed by atoms with E-state index in [1.54, 1.807) is 36.4 Å². The highest BCUT2D eigenvalue weighted by Crippen LogP contribution is 2.41. The Morgan fingerprint density at radius 1 is 1.00 bits per heavy atom. The third kappa shape index (κ3) is 6.23. The number of hydrogen-bond donors (Lipinski definition) is 0. The van der Waals surface area contributed by atoms with Gasteiger partial charge in [0.05, 0.1) is 26.7 Å². The van der Waals surface area contributed by atoms with E-state index in [1.807, 2.05) is 25.1 Å². The molecule has 1 amide bonds. The molecule has 1 heterocycles. The van der Waals surface area contributed by atoms with Crippen LogP contribution in [0.4, 0.5) is 5.69 Å². The molecule has 0 atom stereocenters. The van der Waals surface area contributed by atoms with Crippen LogP contribution in [0.15, 0.2) is 62.4 Å². The van der Waals surface area contributed by atoms with E-state index in [9.17, 15) is 4.79 Å². The smallest absolute Gasteiger partial charge is 0.270 e. The maximum absolute atomic E-state index is 13.2. The molecule has 4 nitrogen and oxygen atoms in total. The van der Waals surface area contributed by atoms with Crippen molar-refractivity contribution in [2.75, 3.05) is 11.5 Å². The number of thioether (sulfide) groups is 1. The summed E-state index contributed by atoms with van der Waals surface area (Å²) in [5, 5.41) is 1.56. The summed E-state index contributed by atoms with van der Waals surface area (Å²) in [4.78, 5) is 15.1. The zero-order valence-corrected chi connectivity index (χ0v) is 25.6. The number of benzene rings is 3. The minimum Gasteiger partial charge on any atom is -0.490 e. The predicted octanol–water partition coefficient (Wildman–Crippen LogP) is 9.56. The molecule has 0 aromatic heterocycles. The highest BCUT2D eigenvalue weighted by molar-refractivity contribution is 9.10. The van der Waals surface area contributed by atoms with Gasteiger partial charge >= 0.3 is 0 Å². The molecule has 0 aliphatic carbocycles. The molecule has 186 valence electrons. The molecule has 4 rings (SSSR count). The minimum atomic E-state index is -0.227. The van der Waals surface area contributed by atoms with Gasteiger partial charge in [-0.05, 0) is 92.9 Å². The number of amides is 1. The topological polar surface area (TPSA) is 38.8 Å². The summed E-state index contributed by atoms with van der Waals surface area (Å²) in [6.07, 6.45) is 1.77. The maximum Gasteiger partial charge on any atom is 0.270 e. The van der Waals surface area contributed by atoms with E-state index in [-0.39, 0.29) is 12.5 Å². The van der Waals surface area contributed by atoms with Gasteiger partial charge in [0.15, 0.2) is 15.8 Å². The Morgan fingerprint density at radius 2 is 1.78 bits per heavy atom. The molecule has 0 bridgehead atoms. The summed E-state index contributed by atoms with van der Waals surface area (Å²) in [5.41, 5.74) is 2.14. The lowest BCUT2D eigenvalue weighted by molar-refractivity contribution is -0.113. The molecule has 3 aromatic carbocycles. The van der Waals surface area contributed by atoms with E-state index in [0.717, 1.165) is 15.6 Å². The van der Waals surface area contributed by atoms with Crippen LogP contribution in [0.25, 0.3) is 6.08 Å². The molecule has 1 aliphatic heterocycles. The summed E-state index contributed by atoms with van der Waals surface area (Å²) in [7, 11) is 0. The first-order valence-electron chi connectivity index (χ1n) is 10.4. The number of nitrogens with zero attached hydrogens (tertiary/aromatic N) is 1. The van der Waals surface area contributed by atoms with Gasteiger partial charge in [-0.2, -0.15) is 0 Å². The van der Waals surface area contributed by atoms with Gasteiger partial charge in [0, 0.05) is 20.1 Å². The van der Waals surface area contributed by atoms with Crippen molar-refractivity contribution in [3.05, 3.63) is 88.6 Å². The number of carbonyl (C=O) groups is 1. The van der Waals surface area contributed by atoms with Crippen LogP contribution in [-0.2, 0) is 11.4 Å². The molecule has 1 fully saturated rings. The lowest BCUT2D eigenvalue weighted by Gasteiger charge is -2.16. The zero-order valence-electron chi connectivity index (χ0n) is 18.5. The van der Waals surface area contributed by atoms with Gasteiger partial charge in [-0.25, -0.2) is 0 Å². The average Bonchev–Trinajstić information content (AvgIpc) is 3.09. The number of halogens is 5. The second kappa shape index (κ2) is 12.1. The van der Waals surface area contributed by atoms with Crippen molar-refractivity contribution in [3.63, 3.8) is 0 Å². The van der Waals surface area contributed by atoms with E-state index in [1.165, 1.54) is 16.7 Å². The number of ether oxygens (including phenoxy) is 2. The fourth-order valence-electron chi connectivity index (χ4n) is 3.33. The Labute approximate surface area is 250 Å². The first-order valence-corrected chi connectivity index (χ1v) is 14.4. The lowest BCUT2D eigenvalue weighted by atomic mass is 10.1. The average molecular weight is 709 g/mol. The van der Waals surface area contributed by atoms with Crippen molar-refractivity contribution < 1.29 is 14.3 Å². The highest BCUT2D eigenvalue weighted by atomic mass is 79.9. The van der Waals surface area contributed by atoms with Gasteiger partial charge in [-0.1, -0.05) is 64.8 Å². The lowest BCUT2D eigenvalue weighted by Crippen LogP contribution is -2.27. The normalized spacial score (nSPS) is 14.6. The van der Waals surface area contributed by atoms with Crippen molar-refractivity contribution in [1.82, 2.24) is 0 Å². The second-order valence-electron chi connectivity index (χ2n) is 7.40. The molecule has 0 unspecified atom stereocenters. The monoisotopic (exact) mass is 705 g/mol. The number of anilines is 1. The van der Waals surface area contributed by atoms with Crippen LogP contribution in [0.5, 0.6) is 11.5 Å². The predicted molar refractivity (Wildman–Crippen MR) is 161 cm³/mol. The highest BCUT2D eigenvalue weighted by Gasteiger charge is 2.33. The molecular weight excluding hydrogens is 693 g/mol. The van der Waals surface area contributed by atoms with Gasteiger partial charge in [0.2, 0.25) is 0 Å². The maximum atomic E-state index is 13.2. The van der Waals surface area contributed by atoms with E-state index >= 15 is 0 Å². The first kappa shape index (κ1) is 27.8. The summed E-state index contributed by atoms with van der Waals surface area (Å²) >= 11 is 32.1. The van der Waals surface area contributed by atoms with Gasteiger partial charge in [0.1, 0.15) is 6.61 Å². The molecule has 36 heavy (non-hydrogen) atoms. The van der Waals surface area contributed by atoms with Gasteiger partial charge in [-0.15, -0.1) is 0 Å². The number of hydrogen-bond acceptors (Lipinski definition) is 5. The van der Waals surface area contributed by atoms with Crippen molar-refractivity contribution >= 4 is 113 Å². The quantitative estimate of drug-likeness (QED) is 0.181. The largest absolute Gasteiger partial charge is 0.490 e. The summed E-state index contributed by atoms with van der Waals surface area (Å²) in [6, 6.07) is 14.2. The Hall–Kier alpha value is -1.26. The van der Waals surface area contributed by atoms with Crippen LogP contribution >= 0.6 is 90.6 Å². The molecule has 3 aromatic rings. The fourth-order valence-corrected chi connectivity index (χ4v) is 6.09. The molecule has 0 N–H and O–H groups in total. The van der Waals surface area contributed by atoms with E-state index < -0.39 is 0 Å². The van der Waals surface area contributed by atoms with Gasteiger partial charge in [-0.3, -0.25) is 9.69 Å². The van der Waals surface area contributed by atoms with Crippen LogP contribution < -0.4 is 14.4 Å². The van der Waals surface area contributed by atoms with Crippen LogP contribution in [0.1, 0.15) is 18.1 Å². The van der Waals surface area contributed by atoms with E-state index in [4.69, 9.17) is 56.5 Å². The van der Waals surface area contributed by atoms with Crippen molar-refractivity contribution in [1.29, 1.82) is 0 Å². The van der Waals surface area contributed by atoms with E-state index in [0.29, 0.717) is 52.6 Å². The first-order chi connectivity index (χ1) is 17.2. The fraction of sp³-hybridized carbons (Fsp3) is 0.120. The van der Waals surface area contributed by atoms with Gasteiger partial charge < -0.3 is 9.47 Å². The molecule has 0 saturated carbocycles. The molecule has 1 saturated heterocycles. The number of carbonyl (C=O) groups excluding carboxylic acids is 1. The third-order valence-electron chi connectivity index (χ3n) is 4.97. The van der Waals surface area contributed by atoms with Crippen molar-refractivity contribution in [2.24, 2.45) is 0 Å². The number of thiocarbonyl (C=S) groups is 1. The summed E-state index contributed by atoms with van der Waals surface area (Å²) in [6.45, 7) is 2.54. The standard InChI is InChI=1S/C25H16Br2Cl3NO3S2/c1-2-33-21-8-13(7-18(27)23(21)34-12-14-3-4-15(28)10-19(14)29)9-22-24(32)31(25(35)36-22)16-5-6-17(26)20(30)11-16/h3-11H,2,12H2,1H3/b22-9-. The van der Waals surface area contributed by atoms with Crippen LogP contribution in [0.2, 0.25) is 15.1 Å². The minimum absolute atomic E-state index is 0.225. The van der Waals surface area contributed by atoms with Crippen molar-refractivity contribution in [2.45, 2.75) is 13.5 Å². The molecule has 0 spiro atoms.